The zero-order valence-corrected chi connectivity index (χ0v) is 24.6. The Morgan fingerprint density at radius 3 is 0.379 bits per heavy atom. The molecule has 0 aromatic carbocycles. The molecule has 0 unspecified atom stereocenters. The topological polar surface area (TPSA) is 0 Å². The third-order valence-corrected chi connectivity index (χ3v) is 4.34. The molecule has 0 spiro atoms. The molecule has 0 saturated carbocycles. The minimum absolute atomic E-state index is 0.875. The molecule has 0 aliphatic rings. The number of hydrogen-bond acceptors (Lipinski definition) is 0. The van der Waals surface area contributed by atoms with Crippen LogP contribution in [0.3, 0.4) is 0 Å². The van der Waals surface area contributed by atoms with Crippen LogP contribution in [-0.2, 0) is 0 Å². The first-order chi connectivity index (χ1) is 13.1. The Labute approximate surface area is 191 Å². The Bertz CT molecular complexity index is 185. The van der Waals surface area contributed by atoms with Crippen molar-refractivity contribution < 1.29 is 0 Å². The van der Waals surface area contributed by atoms with Crippen molar-refractivity contribution in [3.8, 4) is 0 Å². The van der Waals surface area contributed by atoms with Gasteiger partial charge < -0.3 is 0 Å². The minimum Gasteiger partial charge on any atom is -0.0651 e. The van der Waals surface area contributed by atoms with Gasteiger partial charge in [-0.1, -0.05) is 137 Å². The van der Waals surface area contributed by atoms with Crippen molar-refractivity contribution in [2.75, 3.05) is 0 Å². The van der Waals surface area contributed by atoms with E-state index in [4.69, 9.17) is 0 Å². The predicted molar refractivity (Wildman–Crippen MR) is 144 cm³/mol. The van der Waals surface area contributed by atoms with E-state index in [0.29, 0.717) is 0 Å². The van der Waals surface area contributed by atoms with Gasteiger partial charge in [0.1, 0.15) is 0 Å². The van der Waals surface area contributed by atoms with Crippen LogP contribution in [0.1, 0.15) is 150 Å². The first kappa shape index (κ1) is 39.5. The molecule has 0 bridgehead atoms. The van der Waals surface area contributed by atoms with Crippen LogP contribution in [-0.4, -0.2) is 0 Å². The molecule has 0 saturated heterocycles. The van der Waals surface area contributed by atoms with Crippen LogP contribution < -0.4 is 0 Å². The molecule has 0 aliphatic carbocycles. The maximum absolute atomic E-state index is 2.26. The minimum atomic E-state index is 0.875. The number of rotatable bonds is 7. The van der Waals surface area contributed by atoms with Gasteiger partial charge in [0.05, 0.1) is 0 Å². The summed E-state index contributed by atoms with van der Waals surface area (Å²) < 4.78 is 0. The Hall–Kier alpha value is 0. The second-order valence-corrected chi connectivity index (χ2v) is 11.5. The van der Waals surface area contributed by atoms with Crippen LogP contribution in [0.25, 0.3) is 0 Å². The van der Waals surface area contributed by atoms with Crippen LogP contribution >= 0.6 is 0 Å². The Kier molecular flexibility index (Phi) is 41.1. The average Bonchev–Trinajstić information content (AvgIpc) is 2.54. The average molecular weight is 417 g/mol. The molecule has 0 aliphatic heterocycles. The largest absolute Gasteiger partial charge is 0.0651 e. The lowest BCUT2D eigenvalue weighted by Crippen LogP contribution is -1.93. The molecule has 0 aromatic heterocycles. The summed E-state index contributed by atoms with van der Waals surface area (Å²) in [5.41, 5.74) is 0. The second kappa shape index (κ2) is 30.2. The highest BCUT2D eigenvalue weighted by Gasteiger charge is 1.96. The molecule has 0 rings (SSSR count). The van der Waals surface area contributed by atoms with E-state index in [-0.39, 0.29) is 0 Å². The van der Waals surface area contributed by atoms with Crippen LogP contribution in [0.5, 0.6) is 0 Å². The Morgan fingerprint density at radius 1 is 0.276 bits per heavy atom. The lowest BCUT2D eigenvalue weighted by atomic mass is 10.0. The van der Waals surface area contributed by atoms with Gasteiger partial charge in [-0.05, 0) is 54.3 Å². The van der Waals surface area contributed by atoms with Gasteiger partial charge in [-0.25, -0.2) is 0 Å². The van der Waals surface area contributed by atoms with Crippen molar-refractivity contribution in [1.82, 2.24) is 0 Å². The molecule has 0 nitrogen and oxygen atoms in total. The van der Waals surface area contributed by atoms with E-state index in [1.807, 2.05) is 0 Å². The van der Waals surface area contributed by atoms with Gasteiger partial charge in [0, 0.05) is 0 Å². The van der Waals surface area contributed by atoms with Crippen molar-refractivity contribution in [3.63, 3.8) is 0 Å². The SMILES string of the molecule is CC(C)CC(C)C.CC(C)CC(C)C.CCC(C)C.CCC(C)C.CCC(C)C. The maximum Gasteiger partial charge on any atom is -0.0469 e. The first-order valence-corrected chi connectivity index (χ1v) is 13.1. The summed E-state index contributed by atoms with van der Waals surface area (Å²) in [6.45, 7) is 38.0. The van der Waals surface area contributed by atoms with Crippen molar-refractivity contribution in [1.29, 1.82) is 0 Å². The van der Waals surface area contributed by atoms with Gasteiger partial charge in [0.2, 0.25) is 0 Å². The van der Waals surface area contributed by atoms with Gasteiger partial charge in [-0.2, -0.15) is 0 Å². The molecule has 0 fully saturated rings. The lowest BCUT2D eigenvalue weighted by molar-refractivity contribution is 0.469. The molecule has 184 valence electrons. The summed E-state index contributed by atoms with van der Waals surface area (Å²) in [4.78, 5) is 0. The highest BCUT2D eigenvalue weighted by atomic mass is 14.0. The highest BCUT2D eigenvalue weighted by molar-refractivity contribution is 4.48. The fourth-order valence-corrected chi connectivity index (χ4v) is 1.89. The van der Waals surface area contributed by atoms with Gasteiger partial charge in [-0.15, -0.1) is 0 Å². The highest BCUT2D eigenvalue weighted by Crippen LogP contribution is 2.08. The van der Waals surface area contributed by atoms with E-state index in [9.17, 15) is 0 Å². The van der Waals surface area contributed by atoms with E-state index in [1.165, 1.54) is 32.1 Å². The third kappa shape index (κ3) is 96.6. The quantitative estimate of drug-likeness (QED) is 0.387. The Balaban J connectivity index is -0.0000000836. The maximum atomic E-state index is 2.26. The monoisotopic (exact) mass is 417 g/mol. The van der Waals surface area contributed by atoms with Crippen molar-refractivity contribution in [3.05, 3.63) is 0 Å². The summed E-state index contributed by atoms with van der Waals surface area (Å²) in [5, 5.41) is 0. The normalized spacial score (nSPS) is 10.3. The third-order valence-electron chi connectivity index (χ3n) is 4.34. The smallest absolute Gasteiger partial charge is 0.0469 e. The van der Waals surface area contributed by atoms with Crippen molar-refractivity contribution in [2.24, 2.45) is 41.4 Å². The van der Waals surface area contributed by atoms with E-state index in [1.54, 1.807) is 0 Å². The van der Waals surface area contributed by atoms with Crippen LogP contribution in [0, 0.1) is 41.4 Å². The zero-order valence-electron chi connectivity index (χ0n) is 24.6. The van der Waals surface area contributed by atoms with Gasteiger partial charge in [0.15, 0.2) is 0 Å². The van der Waals surface area contributed by atoms with Gasteiger partial charge in [0.25, 0.3) is 0 Å². The van der Waals surface area contributed by atoms with E-state index in [2.05, 4.69) is 118 Å². The summed E-state index contributed by atoms with van der Waals surface area (Å²) in [5.74, 6) is 6.15. The standard InChI is InChI=1S/2C7H16.3C5H12/c2*1-6(2)5-7(3)4;3*1-4-5(2)3/h2*6-7H,5H2,1-4H3;3*5H,4H2,1-3H3. The summed E-state index contributed by atoms with van der Waals surface area (Å²) in [6.07, 6.45) is 6.64. The predicted octanol–water partition coefficient (Wildman–Crippen LogP) is 11.5. The fraction of sp³-hybridized carbons (Fsp3) is 1.00. The second-order valence-electron chi connectivity index (χ2n) is 11.5. The molecule has 0 aromatic rings. The van der Waals surface area contributed by atoms with Crippen LogP contribution in [0.4, 0.5) is 0 Å². The zero-order chi connectivity index (χ0) is 24.6. The van der Waals surface area contributed by atoms with Crippen molar-refractivity contribution in [2.45, 2.75) is 150 Å². The van der Waals surface area contributed by atoms with Gasteiger partial charge in [-0.3, -0.25) is 0 Å². The molecule has 0 heteroatoms. The molecule has 0 radical (unpaired) electrons. The van der Waals surface area contributed by atoms with E-state index >= 15 is 0 Å². The number of hydrogen-bond donors (Lipinski definition) is 0. The van der Waals surface area contributed by atoms with Crippen LogP contribution in [0.2, 0.25) is 0 Å². The summed E-state index contributed by atoms with van der Waals surface area (Å²) >= 11 is 0. The van der Waals surface area contributed by atoms with Gasteiger partial charge >= 0.3 is 0 Å². The first-order valence-electron chi connectivity index (χ1n) is 13.1. The molecule has 0 heterocycles. The molecular formula is C29H68. The fourth-order valence-electron chi connectivity index (χ4n) is 1.89. The summed E-state index contributed by atoms with van der Waals surface area (Å²) in [7, 11) is 0. The van der Waals surface area contributed by atoms with E-state index < -0.39 is 0 Å². The molecule has 0 N–H and O–H groups in total. The van der Waals surface area contributed by atoms with Crippen LogP contribution in [0.15, 0.2) is 0 Å². The van der Waals surface area contributed by atoms with Crippen molar-refractivity contribution >= 4 is 0 Å². The molecule has 0 atom stereocenters. The molecule has 0 amide bonds. The lowest BCUT2D eigenvalue weighted by Gasteiger charge is -2.05. The molecule has 29 heavy (non-hydrogen) atoms. The molecular weight excluding hydrogens is 348 g/mol. The summed E-state index contributed by atoms with van der Waals surface area (Å²) in [6, 6.07) is 0. The Morgan fingerprint density at radius 2 is 0.379 bits per heavy atom. The van der Waals surface area contributed by atoms with E-state index in [0.717, 1.165) is 41.4 Å².